The molecule has 1 N–H and O–H groups in total. The van der Waals surface area contributed by atoms with Gasteiger partial charge in [-0.2, -0.15) is 0 Å². The van der Waals surface area contributed by atoms with Crippen LogP contribution in [-0.2, 0) is 27.9 Å². The monoisotopic (exact) mass is 473 g/mol. The molecule has 1 saturated heterocycles. The SMILES string of the molecule is CS(=O)(=O)N(CC(=O)NCc1cccc(CN2CCCCC2)c1)c1ccc2c(c1)OCCO2. The first kappa shape index (κ1) is 23.4. The van der Waals surface area contributed by atoms with Gasteiger partial charge in [0.05, 0.1) is 11.9 Å². The molecule has 0 spiro atoms. The second-order valence-electron chi connectivity index (χ2n) is 8.53. The third-order valence-electron chi connectivity index (χ3n) is 5.84. The zero-order valence-electron chi connectivity index (χ0n) is 19.0. The molecule has 9 heteroatoms. The molecule has 1 amide bonds. The number of anilines is 1. The van der Waals surface area contributed by atoms with E-state index in [2.05, 4.69) is 22.3 Å². The zero-order valence-corrected chi connectivity index (χ0v) is 19.8. The molecule has 4 rings (SSSR count). The molecule has 0 bridgehead atoms. The van der Waals surface area contributed by atoms with Crippen LogP contribution < -0.4 is 19.1 Å². The van der Waals surface area contributed by atoms with E-state index in [1.165, 1.54) is 24.8 Å². The van der Waals surface area contributed by atoms with Gasteiger partial charge in [-0.3, -0.25) is 14.0 Å². The van der Waals surface area contributed by atoms with Crippen LogP contribution >= 0.6 is 0 Å². The molecular formula is C24H31N3O5S. The zero-order chi connectivity index (χ0) is 23.3. The smallest absolute Gasteiger partial charge is 0.241 e. The molecule has 0 atom stereocenters. The maximum absolute atomic E-state index is 12.7. The minimum atomic E-state index is -3.68. The highest BCUT2D eigenvalue weighted by molar-refractivity contribution is 7.92. The summed E-state index contributed by atoms with van der Waals surface area (Å²) in [5.74, 6) is 0.655. The average Bonchev–Trinajstić information content (AvgIpc) is 2.81. The average molecular weight is 474 g/mol. The van der Waals surface area contributed by atoms with Gasteiger partial charge in [0, 0.05) is 19.2 Å². The van der Waals surface area contributed by atoms with Gasteiger partial charge >= 0.3 is 0 Å². The van der Waals surface area contributed by atoms with Crippen molar-refractivity contribution in [3.8, 4) is 11.5 Å². The molecule has 2 aliphatic heterocycles. The molecule has 0 unspecified atom stereocenters. The van der Waals surface area contributed by atoms with Gasteiger partial charge in [-0.15, -0.1) is 0 Å². The van der Waals surface area contributed by atoms with Crippen LogP contribution in [0.3, 0.4) is 0 Å². The van der Waals surface area contributed by atoms with E-state index in [1.807, 2.05) is 12.1 Å². The summed E-state index contributed by atoms with van der Waals surface area (Å²) in [4.78, 5) is 15.1. The van der Waals surface area contributed by atoms with Gasteiger partial charge in [-0.05, 0) is 49.2 Å². The second kappa shape index (κ2) is 10.4. The van der Waals surface area contributed by atoms with Crippen LogP contribution in [0.25, 0.3) is 0 Å². The fraction of sp³-hybridized carbons (Fsp3) is 0.458. The van der Waals surface area contributed by atoms with Crippen molar-refractivity contribution in [1.29, 1.82) is 0 Å². The quantitative estimate of drug-likeness (QED) is 0.634. The number of hydrogen-bond donors (Lipinski definition) is 1. The van der Waals surface area contributed by atoms with Gasteiger partial charge < -0.3 is 14.8 Å². The summed E-state index contributed by atoms with van der Waals surface area (Å²) in [6.07, 6.45) is 4.88. The van der Waals surface area contributed by atoms with Gasteiger partial charge in [-0.1, -0.05) is 30.7 Å². The summed E-state index contributed by atoms with van der Waals surface area (Å²) in [6.45, 7) is 4.03. The number of piperidine rings is 1. The number of benzene rings is 2. The maximum Gasteiger partial charge on any atom is 0.241 e. The van der Waals surface area contributed by atoms with Crippen molar-refractivity contribution in [3.05, 3.63) is 53.6 Å². The summed E-state index contributed by atoms with van der Waals surface area (Å²) in [6, 6.07) is 13.0. The minimum absolute atomic E-state index is 0.314. The molecule has 2 aromatic rings. The van der Waals surface area contributed by atoms with Crippen LogP contribution in [0.4, 0.5) is 5.69 Å². The van der Waals surface area contributed by atoms with E-state index in [9.17, 15) is 13.2 Å². The van der Waals surface area contributed by atoms with Gasteiger partial charge in [0.25, 0.3) is 0 Å². The van der Waals surface area contributed by atoms with Gasteiger partial charge in [0.1, 0.15) is 19.8 Å². The highest BCUT2D eigenvalue weighted by Crippen LogP contribution is 2.34. The van der Waals surface area contributed by atoms with E-state index < -0.39 is 10.0 Å². The van der Waals surface area contributed by atoms with Gasteiger partial charge in [0.15, 0.2) is 11.5 Å². The molecule has 0 aromatic heterocycles. The van der Waals surface area contributed by atoms with E-state index in [-0.39, 0.29) is 12.5 Å². The van der Waals surface area contributed by atoms with Crippen LogP contribution in [0.5, 0.6) is 11.5 Å². The molecule has 33 heavy (non-hydrogen) atoms. The fourth-order valence-corrected chi connectivity index (χ4v) is 5.04. The lowest BCUT2D eigenvalue weighted by Crippen LogP contribution is -2.40. The molecule has 0 radical (unpaired) electrons. The number of nitrogens with one attached hydrogen (secondary N) is 1. The van der Waals surface area contributed by atoms with Crippen molar-refractivity contribution < 1.29 is 22.7 Å². The number of likely N-dealkylation sites (tertiary alicyclic amines) is 1. The molecular weight excluding hydrogens is 442 g/mol. The topological polar surface area (TPSA) is 88.2 Å². The lowest BCUT2D eigenvalue weighted by molar-refractivity contribution is -0.119. The number of carbonyl (C=O) groups is 1. The number of sulfonamides is 1. The van der Waals surface area contributed by atoms with E-state index in [4.69, 9.17) is 9.47 Å². The van der Waals surface area contributed by atoms with Crippen LogP contribution in [-0.4, -0.2) is 58.3 Å². The van der Waals surface area contributed by atoms with Crippen molar-refractivity contribution >= 4 is 21.6 Å². The fourth-order valence-electron chi connectivity index (χ4n) is 4.19. The Hall–Kier alpha value is -2.78. The Labute approximate surface area is 195 Å². The summed E-state index contributed by atoms with van der Waals surface area (Å²) in [5, 5.41) is 2.85. The normalized spacial score (nSPS) is 16.3. The van der Waals surface area contributed by atoms with Crippen molar-refractivity contribution in [1.82, 2.24) is 10.2 Å². The summed E-state index contributed by atoms with van der Waals surface area (Å²) in [7, 11) is -3.68. The van der Waals surface area contributed by atoms with Crippen molar-refractivity contribution in [2.45, 2.75) is 32.4 Å². The summed E-state index contributed by atoms with van der Waals surface area (Å²) >= 11 is 0. The molecule has 0 saturated carbocycles. The van der Waals surface area contributed by atoms with Crippen LogP contribution in [0, 0.1) is 0 Å². The van der Waals surface area contributed by atoms with Gasteiger partial charge in [0.2, 0.25) is 15.9 Å². The predicted octanol–water partition coefficient (Wildman–Crippen LogP) is 2.53. The number of ether oxygens (including phenoxy) is 2. The highest BCUT2D eigenvalue weighted by Gasteiger charge is 2.23. The molecule has 1 fully saturated rings. The third kappa shape index (κ3) is 6.39. The van der Waals surface area contributed by atoms with Crippen molar-refractivity contribution in [2.75, 3.05) is 43.4 Å². The molecule has 2 aromatic carbocycles. The highest BCUT2D eigenvalue weighted by atomic mass is 32.2. The van der Waals surface area contributed by atoms with Crippen LogP contribution in [0.15, 0.2) is 42.5 Å². The van der Waals surface area contributed by atoms with E-state index in [0.29, 0.717) is 36.9 Å². The van der Waals surface area contributed by atoms with Crippen molar-refractivity contribution in [3.63, 3.8) is 0 Å². The number of carbonyl (C=O) groups excluding carboxylic acids is 1. The summed E-state index contributed by atoms with van der Waals surface area (Å²) < 4.78 is 36.9. The largest absolute Gasteiger partial charge is 0.486 e. The Kier molecular flexibility index (Phi) is 7.39. The first-order chi connectivity index (χ1) is 15.9. The molecule has 178 valence electrons. The standard InChI is InChI=1S/C24H31N3O5S/c1-33(29,30)27(21-8-9-22-23(15-21)32-13-12-31-22)18-24(28)25-16-19-6-5-7-20(14-19)17-26-10-3-2-4-11-26/h5-9,14-15H,2-4,10-13,16-18H2,1H3,(H,25,28). The lowest BCUT2D eigenvalue weighted by atomic mass is 10.1. The second-order valence-corrected chi connectivity index (χ2v) is 10.4. The first-order valence-corrected chi connectivity index (χ1v) is 13.2. The summed E-state index contributed by atoms with van der Waals surface area (Å²) in [5.41, 5.74) is 2.57. The van der Waals surface area contributed by atoms with Crippen LogP contribution in [0.2, 0.25) is 0 Å². The lowest BCUT2D eigenvalue weighted by Gasteiger charge is -2.26. The predicted molar refractivity (Wildman–Crippen MR) is 127 cm³/mol. The van der Waals surface area contributed by atoms with E-state index in [0.717, 1.165) is 35.8 Å². The minimum Gasteiger partial charge on any atom is -0.486 e. The molecule has 0 aliphatic carbocycles. The van der Waals surface area contributed by atoms with Gasteiger partial charge in [-0.25, -0.2) is 8.42 Å². The Bertz CT molecular complexity index is 1080. The molecule has 8 nitrogen and oxygen atoms in total. The van der Waals surface area contributed by atoms with E-state index in [1.54, 1.807) is 18.2 Å². The van der Waals surface area contributed by atoms with Crippen molar-refractivity contribution in [2.24, 2.45) is 0 Å². The molecule has 2 heterocycles. The molecule has 2 aliphatic rings. The number of amides is 1. The number of fused-ring (bicyclic) bond motifs is 1. The Balaban J connectivity index is 1.38. The Morgan fingerprint density at radius 2 is 1.73 bits per heavy atom. The van der Waals surface area contributed by atoms with Crippen LogP contribution in [0.1, 0.15) is 30.4 Å². The maximum atomic E-state index is 12.7. The Morgan fingerprint density at radius 1 is 1.00 bits per heavy atom. The third-order valence-corrected chi connectivity index (χ3v) is 6.98. The number of rotatable bonds is 8. The first-order valence-electron chi connectivity index (χ1n) is 11.3. The van der Waals surface area contributed by atoms with E-state index >= 15 is 0 Å². The number of hydrogen-bond acceptors (Lipinski definition) is 6. The number of nitrogens with zero attached hydrogens (tertiary/aromatic N) is 2. The Morgan fingerprint density at radius 3 is 2.48 bits per heavy atom.